The van der Waals surface area contributed by atoms with Gasteiger partial charge in [-0.05, 0) is 57.7 Å². The normalized spacial score (nSPS) is 10.8. The Morgan fingerprint density at radius 1 is 1.06 bits per heavy atom. The van der Waals surface area contributed by atoms with Gasteiger partial charge < -0.3 is 9.64 Å². The minimum absolute atomic E-state index is 0.300. The fraction of sp³-hybridized carbons (Fsp3) is 0.192. The highest BCUT2D eigenvalue weighted by atomic mass is 79.9. The predicted octanol–water partition coefficient (Wildman–Crippen LogP) is 5.64. The minimum atomic E-state index is -0.300. The van der Waals surface area contributed by atoms with Crippen LogP contribution in [0, 0.1) is 0 Å². The van der Waals surface area contributed by atoms with Crippen molar-refractivity contribution in [1.29, 1.82) is 0 Å². The number of aromatic nitrogens is 3. The van der Waals surface area contributed by atoms with E-state index >= 15 is 0 Å². The summed E-state index contributed by atoms with van der Waals surface area (Å²) in [5.41, 5.74) is 5.69. The van der Waals surface area contributed by atoms with Crippen molar-refractivity contribution < 1.29 is 9.53 Å². The first kappa shape index (κ1) is 22.7. The number of hydrogen-bond donors (Lipinski definition) is 1. The zero-order valence-corrected chi connectivity index (χ0v) is 20.2. The maximum Gasteiger partial charge on any atom is 0.338 e. The van der Waals surface area contributed by atoms with Gasteiger partial charge in [-0.25, -0.2) is 9.78 Å². The molecule has 4 rings (SSSR count). The molecule has 2 heterocycles. The number of hydrogen-bond acceptors (Lipinski definition) is 5. The number of ether oxygens (including phenoxy) is 1. The van der Waals surface area contributed by atoms with Crippen molar-refractivity contribution in [3.05, 3.63) is 99.8 Å². The lowest BCUT2D eigenvalue weighted by atomic mass is 9.97. The van der Waals surface area contributed by atoms with Gasteiger partial charge >= 0.3 is 5.97 Å². The summed E-state index contributed by atoms with van der Waals surface area (Å²) in [4.78, 5) is 18.9. The predicted molar refractivity (Wildman–Crippen MR) is 133 cm³/mol. The second-order valence-corrected chi connectivity index (χ2v) is 8.54. The van der Waals surface area contributed by atoms with Crippen LogP contribution in [0.25, 0.3) is 11.3 Å². The molecule has 2 aromatic carbocycles. The molecule has 1 N–H and O–H groups in total. The molecule has 7 heteroatoms. The number of aromatic amines is 1. The van der Waals surface area contributed by atoms with Gasteiger partial charge in [-0.3, -0.25) is 5.10 Å². The molecule has 2 aromatic heterocycles. The zero-order chi connectivity index (χ0) is 23.2. The molecule has 0 saturated heterocycles. The second-order valence-electron chi connectivity index (χ2n) is 7.69. The van der Waals surface area contributed by atoms with Crippen molar-refractivity contribution in [2.24, 2.45) is 0 Å². The Kier molecular flexibility index (Phi) is 7.19. The van der Waals surface area contributed by atoms with Crippen molar-refractivity contribution in [3.8, 4) is 11.3 Å². The van der Waals surface area contributed by atoms with Crippen LogP contribution in [0.1, 0.15) is 34.0 Å². The molecule has 168 valence electrons. The average Bonchev–Trinajstić information content (AvgIpc) is 3.28. The third-order valence-corrected chi connectivity index (χ3v) is 5.99. The smallest absolute Gasteiger partial charge is 0.338 e. The van der Waals surface area contributed by atoms with Crippen molar-refractivity contribution >= 4 is 27.7 Å². The molecule has 0 amide bonds. The summed E-state index contributed by atoms with van der Waals surface area (Å²) in [6.07, 6.45) is 4.19. The Bertz CT molecular complexity index is 1240. The number of carbonyl (C=O) groups is 1. The third kappa shape index (κ3) is 5.31. The number of halogens is 1. The van der Waals surface area contributed by atoms with Crippen LogP contribution in [0.15, 0.2) is 77.5 Å². The van der Waals surface area contributed by atoms with E-state index in [-0.39, 0.29) is 5.97 Å². The fourth-order valence-corrected chi connectivity index (χ4v) is 4.32. The van der Waals surface area contributed by atoms with E-state index < -0.39 is 0 Å². The standard InChI is InChI=1S/C26H25BrN4O2/c1-3-33-26(32)22-8-5-4-7-20(22)15-21-16-29-30-24(21)19-12-10-18(11-13-19)17-31(2)25-23(27)9-6-14-28-25/h4-14,16H,3,15,17H2,1-2H3,(H,29,30). The van der Waals surface area contributed by atoms with E-state index in [1.165, 1.54) is 5.56 Å². The van der Waals surface area contributed by atoms with Crippen LogP contribution >= 0.6 is 15.9 Å². The summed E-state index contributed by atoms with van der Waals surface area (Å²) in [5.74, 6) is 0.601. The lowest BCUT2D eigenvalue weighted by molar-refractivity contribution is 0.0525. The van der Waals surface area contributed by atoms with Gasteiger partial charge in [0.25, 0.3) is 0 Å². The summed E-state index contributed by atoms with van der Waals surface area (Å²) >= 11 is 3.56. The summed E-state index contributed by atoms with van der Waals surface area (Å²) in [6.45, 7) is 2.90. The van der Waals surface area contributed by atoms with Crippen molar-refractivity contribution in [2.75, 3.05) is 18.6 Å². The lowest BCUT2D eigenvalue weighted by Gasteiger charge is -2.19. The first-order valence-electron chi connectivity index (χ1n) is 10.7. The fourth-order valence-electron chi connectivity index (χ4n) is 3.77. The molecule has 0 saturated carbocycles. The molecule has 0 unspecified atom stereocenters. The third-order valence-electron chi connectivity index (χ3n) is 5.37. The largest absolute Gasteiger partial charge is 0.462 e. The molecule has 0 radical (unpaired) electrons. The highest BCUT2D eigenvalue weighted by molar-refractivity contribution is 9.10. The molecule has 0 aliphatic rings. The van der Waals surface area contributed by atoms with Gasteiger partial charge in [0, 0.05) is 31.8 Å². The highest BCUT2D eigenvalue weighted by Crippen LogP contribution is 2.27. The number of pyridine rings is 1. The van der Waals surface area contributed by atoms with E-state index in [4.69, 9.17) is 4.74 Å². The molecule has 0 fully saturated rings. The average molecular weight is 505 g/mol. The molecule has 0 aliphatic carbocycles. The lowest BCUT2D eigenvalue weighted by Crippen LogP contribution is -2.18. The molecular formula is C26H25BrN4O2. The summed E-state index contributed by atoms with van der Waals surface area (Å²) in [7, 11) is 2.02. The Morgan fingerprint density at radius 2 is 1.85 bits per heavy atom. The summed E-state index contributed by atoms with van der Waals surface area (Å²) in [5, 5.41) is 7.38. The van der Waals surface area contributed by atoms with Gasteiger partial charge in [0.1, 0.15) is 5.82 Å². The minimum Gasteiger partial charge on any atom is -0.462 e. The van der Waals surface area contributed by atoms with Crippen LogP contribution in [0.3, 0.4) is 0 Å². The van der Waals surface area contributed by atoms with E-state index in [2.05, 4.69) is 60.3 Å². The topological polar surface area (TPSA) is 71.1 Å². The number of nitrogens with one attached hydrogen (secondary N) is 1. The monoisotopic (exact) mass is 504 g/mol. The molecule has 33 heavy (non-hydrogen) atoms. The van der Waals surface area contributed by atoms with Crippen LogP contribution in [0.5, 0.6) is 0 Å². The number of rotatable bonds is 8. The first-order chi connectivity index (χ1) is 16.1. The van der Waals surface area contributed by atoms with Crippen LogP contribution in [-0.4, -0.2) is 34.8 Å². The van der Waals surface area contributed by atoms with E-state index in [0.717, 1.165) is 39.2 Å². The molecule has 6 nitrogen and oxygen atoms in total. The molecule has 0 aliphatic heterocycles. The molecule has 0 spiro atoms. The van der Waals surface area contributed by atoms with Gasteiger partial charge in [0.15, 0.2) is 0 Å². The number of benzene rings is 2. The van der Waals surface area contributed by atoms with Gasteiger partial charge in [0.05, 0.1) is 28.5 Å². The van der Waals surface area contributed by atoms with Crippen LogP contribution in [0.4, 0.5) is 5.82 Å². The quantitative estimate of drug-likeness (QED) is 0.314. The Balaban J connectivity index is 1.52. The van der Waals surface area contributed by atoms with E-state index in [9.17, 15) is 4.79 Å². The Labute approximate surface area is 201 Å². The number of carbonyl (C=O) groups excluding carboxylic acids is 1. The molecule has 0 atom stereocenters. The Hall–Kier alpha value is -3.45. The highest BCUT2D eigenvalue weighted by Gasteiger charge is 2.15. The van der Waals surface area contributed by atoms with E-state index in [0.29, 0.717) is 18.6 Å². The van der Waals surface area contributed by atoms with Gasteiger partial charge in [-0.1, -0.05) is 42.5 Å². The van der Waals surface area contributed by atoms with Crippen molar-refractivity contribution in [1.82, 2.24) is 15.2 Å². The molecular weight excluding hydrogens is 480 g/mol. The van der Waals surface area contributed by atoms with Gasteiger partial charge in [0.2, 0.25) is 0 Å². The van der Waals surface area contributed by atoms with E-state index in [1.54, 1.807) is 12.3 Å². The maximum atomic E-state index is 12.3. The Morgan fingerprint density at radius 3 is 2.61 bits per heavy atom. The number of H-pyrrole nitrogens is 1. The number of nitrogens with zero attached hydrogens (tertiary/aromatic N) is 3. The molecule has 0 bridgehead atoms. The van der Waals surface area contributed by atoms with E-state index in [1.807, 2.05) is 50.5 Å². The molecule has 4 aromatic rings. The van der Waals surface area contributed by atoms with Gasteiger partial charge in [-0.15, -0.1) is 0 Å². The maximum absolute atomic E-state index is 12.3. The van der Waals surface area contributed by atoms with Crippen molar-refractivity contribution in [3.63, 3.8) is 0 Å². The van der Waals surface area contributed by atoms with Crippen molar-refractivity contribution in [2.45, 2.75) is 19.9 Å². The van der Waals surface area contributed by atoms with Crippen LogP contribution in [0.2, 0.25) is 0 Å². The summed E-state index contributed by atoms with van der Waals surface area (Å²) in [6, 6.07) is 19.8. The van der Waals surface area contributed by atoms with Crippen LogP contribution in [-0.2, 0) is 17.7 Å². The van der Waals surface area contributed by atoms with Gasteiger partial charge in [-0.2, -0.15) is 5.10 Å². The second kappa shape index (κ2) is 10.4. The van der Waals surface area contributed by atoms with Crippen LogP contribution < -0.4 is 4.90 Å². The number of esters is 1. The number of anilines is 1. The summed E-state index contributed by atoms with van der Waals surface area (Å²) < 4.78 is 6.18. The zero-order valence-electron chi connectivity index (χ0n) is 18.6. The first-order valence-corrected chi connectivity index (χ1v) is 11.5. The SMILES string of the molecule is CCOC(=O)c1ccccc1Cc1cn[nH]c1-c1ccc(CN(C)c2ncccc2Br)cc1.